The number of aliphatic hydroxyl groups excluding tert-OH is 1. The molecule has 0 aliphatic carbocycles. The first kappa shape index (κ1) is 16.0. The molecule has 2 unspecified atom stereocenters. The molecule has 116 valence electrons. The number of aliphatic hydroxyl groups is 1. The van der Waals surface area contributed by atoms with Gasteiger partial charge in [0.1, 0.15) is 0 Å². The van der Waals surface area contributed by atoms with Crippen LogP contribution in [0.4, 0.5) is 10.5 Å². The molecule has 2 rings (SSSR count). The van der Waals surface area contributed by atoms with E-state index in [4.69, 9.17) is 0 Å². The summed E-state index contributed by atoms with van der Waals surface area (Å²) >= 11 is 0. The monoisotopic (exact) mass is 299 g/mol. The van der Waals surface area contributed by atoms with Crippen molar-refractivity contribution in [3.8, 4) is 0 Å². The van der Waals surface area contributed by atoms with Crippen molar-refractivity contribution in [1.29, 1.82) is 0 Å². The van der Waals surface area contributed by atoms with Crippen LogP contribution in [0.25, 0.3) is 0 Å². The van der Waals surface area contributed by atoms with Crippen LogP contribution in [0.3, 0.4) is 0 Å². The second kappa shape index (κ2) is 8.14. The van der Waals surface area contributed by atoms with E-state index in [0.717, 1.165) is 5.56 Å². The molecule has 0 fully saturated rings. The standard InChI is InChI=1S/C17H21N3O2/c1-13(21)10-15(14-6-3-2-4-7-14)11-19-17(22)20-16-8-5-9-18-12-16/h2-9,12-13,15,21H,10-11H2,1H3,(H2,19,20,22). The van der Waals surface area contributed by atoms with Gasteiger partial charge in [-0.2, -0.15) is 0 Å². The first-order chi connectivity index (χ1) is 10.6. The summed E-state index contributed by atoms with van der Waals surface area (Å²) in [5.41, 5.74) is 1.75. The van der Waals surface area contributed by atoms with Crippen molar-refractivity contribution < 1.29 is 9.90 Å². The Balaban J connectivity index is 1.92. The zero-order valence-corrected chi connectivity index (χ0v) is 12.6. The van der Waals surface area contributed by atoms with Gasteiger partial charge < -0.3 is 15.7 Å². The van der Waals surface area contributed by atoms with E-state index in [1.165, 1.54) is 0 Å². The highest BCUT2D eigenvalue weighted by Crippen LogP contribution is 2.20. The van der Waals surface area contributed by atoms with Crippen LogP contribution in [-0.4, -0.2) is 28.8 Å². The average molecular weight is 299 g/mol. The summed E-state index contributed by atoms with van der Waals surface area (Å²) in [7, 11) is 0. The van der Waals surface area contributed by atoms with E-state index in [-0.39, 0.29) is 11.9 Å². The number of rotatable bonds is 6. The zero-order chi connectivity index (χ0) is 15.8. The molecule has 0 radical (unpaired) electrons. The number of carbonyl (C=O) groups is 1. The van der Waals surface area contributed by atoms with E-state index in [0.29, 0.717) is 18.7 Å². The van der Waals surface area contributed by atoms with Crippen molar-refractivity contribution in [3.63, 3.8) is 0 Å². The Bertz CT molecular complexity index is 573. The van der Waals surface area contributed by atoms with Gasteiger partial charge in [0.05, 0.1) is 18.0 Å². The van der Waals surface area contributed by atoms with Gasteiger partial charge in [0, 0.05) is 18.7 Å². The van der Waals surface area contributed by atoms with Crippen LogP contribution in [-0.2, 0) is 0 Å². The van der Waals surface area contributed by atoms with Crippen LogP contribution < -0.4 is 10.6 Å². The highest BCUT2D eigenvalue weighted by molar-refractivity contribution is 5.88. The predicted octanol–water partition coefficient (Wildman–Crippen LogP) is 2.76. The van der Waals surface area contributed by atoms with E-state index in [2.05, 4.69) is 15.6 Å². The predicted molar refractivity (Wildman–Crippen MR) is 86.7 cm³/mol. The molecule has 22 heavy (non-hydrogen) atoms. The Kier molecular flexibility index (Phi) is 5.91. The largest absolute Gasteiger partial charge is 0.393 e. The average Bonchev–Trinajstić information content (AvgIpc) is 2.53. The number of amides is 2. The second-order valence-electron chi connectivity index (χ2n) is 5.27. The maximum Gasteiger partial charge on any atom is 0.319 e. The molecule has 5 nitrogen and oxygen atoms in total. The lowest BCUT2D eigenvalue weighted by atomic mass is 9.93. The van der Waals surface area contributed by atoms with Crippen molar-refractivity contribution in [3.05, 3.63) is 60.4 Å². The molecule has 0 saturated heterocycles. The number of carbonyl (C=O) groups excluding carboxylic acids is 1. The summed E-state index contributed by atoms with van der Waals surface area (Å²) < 4.78 is 0. The van der Waals surface area contributed by atoms with Crippen molar-refractivity contribution in [1.82, 2.24) is 10.3 Å². The molecule has 3 N–H and O–H groups in total. The van der Waals surface area contributed by atoms with Crippen LogP contribution >= 0.6 is 0 Å². The number of pyridine rings is 1. The number of anilines is 1. The zero-order valence-electron chi connectivity index (χ0n) is 12.6. The minimum atomic E-state index is -0.423. The Morgan fingerprint density at radius 3 is 2.64 bits per heavy atom. The van der Waals surface area contributed by atoms with Gasteiger partial charge in [-0.1, -0.05) is 30.3 Å². The summed E-state index contributed by atoms with van der Waals surface area (Å²) in [6.07, 6.45) is 3.41. The molecule has 1 aromatic heterocycles. The Morgan fingerprint density at radius 1 is 1.23 bits per heavy atom. The van der Waals surface area contributed by atoms with E-state index in [1.54, 1.807) is 31.5 Å². The lowest BCUT2D eigenvalue weighted by Gasteiger charge is -2.19. The highest BCUT2D eigenvalue weighted by atomic mass is 16.3. The summed E-state index contributed by atoms with van der Waals surface area (Å²) in [5.74, 6) is 0.0702. The van der Waals surface area contributed by atoms with Crippen molar-refractivity contribution in [2.45, 2.75) is 25.4 Å². The third-order valence-corrected chi connectivity index (χ3v) is 3.33. The van der Waals surface area contributed by atoms with Gasteiger partial charge in [0.2, 0.25) is 0 Å². The molecule has 2 aromatic rings. The molecule has 0 aliphatic heterocycles. The normalized spacial score (nSPS) is 13.2. The van der Waals surface area contributed by atoms with E-state index >= 15 is 0 Å². The first-order valence-electron chi connectivity index (χ1n) is 7.33. The van der Waals surface area contributed by atoms with E-state index < -0.39 is 6.10 Å². The maximum atomic E-state index is 11.9. The molecule has 2 atom stereocenters. The Morgan fingerprint density at radius 2 is 2.00 bits per heavy atom. The minimum absolute atomic E-state index is 0.0702. The van der Waals surface area contributed by atoms with Crippen LogP contribution in [0.15, 0.2) is 54.9 Å². The molecule has 1 heterocycles. The van der Waals surface area contributed by atoms with Crippen molar-refractivity contribution in [2.24, 2.45) is 0 Å². The Labute approximate surface area is 130 Å². The SMILES string of the molecule is CC(O)CC(CNC(=O)Nc1cccnc1)c1ccccc1. The van der Waals surface area contributed by atoms with E-state index in [1.807, 2.05) is 30.3 Å². The second-order valence-corrected chi connectivity index (χ2v) is 5.27. The van der Waals surface area contributed by atoms with Gasteiger partial charge in [-0.3, -0.25) is 4.98 Å². The fourth-order valence-electron chi connectivity index (χ4n) is 2.30. The fraction of sp³-hybridized carbons (Fsp3) is 0.294. The minimum Gasteiger partial charge on any atom is -0.393 e. The molecule has 0 aliphatic rings. The number of urea groups is 1. The molecule has 1 aromatic carbocycles. The van der Waals surface area contributed by atoms with E-state index in [9.17, 15) is 9.90 Å². The van der Waals surface area contributed by atoms with Crippen molar-refractivity contribution >= 4 is 11.7 Å². The number of hydrogen-bond donors (Lipinski definition) is 3. The topological polar surface area (TPSA) is 74.2 Å². The number of aromatic nitrogens is 1. The number of benzene rings is 1. The third-order valence-electron chi connectivity index (χ3n) is 3.33. The van der Waals surface area contributed by atoms with Gasteiger partial charge in [0.25, 0.3) is 0 Å². The molecular formula is C17H21N3O2. The molecule has 0 bridgehead atoms. The third kappa shape index (κ3) is 5.18. The van der Waals surface area contributed by atoms with Gasteiger partial charge in [-0.05, 0) is 31.0 Å². The Hall–Kier alpha value is -2.40. The fourth-order valence-corrected chi connectivity index (χ4v) is 2.30. The summed E-state index contributed by atoms with van der Waals surface area (Å²) in [6, 6.07) is 13.1. The van der Waals surface area contributed by atoms with Gasteiger partial charge >= 0.3 is 6.03 Å². The quantitative estimate of drug-likeness (QED) is 0.768. The van der Waals surface area contributed by atoms with Gasteiger partial charge in [-0.25, -0.2) is 4.79 Å². The number of hydrogen-bond acceptors (Lipinski definition) is 3. The first-order valence-corrected chi connectivity index (χ1v) is 7.33. The molecule has 0 spiro atoms. The van der Waals surface area contributed by atoms with Crippen LogP contribution in [0, 0.1) is 0 Å². The number of nitrogens with zero attached hydrogens (tertiary/aromatic N) is 1. The van der Waals surface area contributed by atoms with Gasteiger partial charge in [-0.15, -0.1) is 0 Å². The molecular weight excluding hydrogens is 278 g/mol. The van der Waals surface area contributed by atoms with Crippen molar-refractivity contribution in [2.75, 3.05) is 11.9 Å². The molecule has 0 saturated carbocycles. The molecule has 5 heteroatoms. The highest BCUT2D eigenvalue weighted by Gasteiger charge is 2.15. The van der Waals surface area contributed by atoms with Crippen LogP contribution in [0.2, 0.25) is 0 Å². The summed E-state index contributed by atoms with van der Waals surface area (Å²) in [4.78, 5) is 15.9. The lowest BCUT2D eigenvalue weighted by Crippen LogP contribution is -2.33. The smallest absolute Gasteiger partial charge is 0.319 e. The number of nitrogens with one attached hydrogen (secondary N) is 2. The lowest BCUT2D eigenvalue weighted by molar-refractivity contribution is 0.173. The molecule has 2 amide bonds. The van der Waals surface area contributed by atoms with Crippen LogP contribution in [0.1, 0.15) is 24.8 Å². The van der Waals surface area contributed by atoms with Gasteiger partial charge in [0.15, 0.2) is 0 Å². The maximum absolute atomic E-state index is 11.9. The summed E-state index contributed by atoms with van der Waals surface area (Å²) in [5, 5.41) is 15.2. The summed E-state index contributed by atoms with van der Waals surface area (Å²) in [6.45, 7) is 2.21. The van der Waals surface area contributed by atoms with Crippen LogP contribution in [0.5, 0.6) is 0 Å².